The van der Waals surface area contributed by atoms with Gasteiger partial charge in [-0.25, -0.2) is 0 Å². The second kappa shape index (κ2) is 9.00. The lowest BCUT2D eigenvalue weighted by Crippen LogP contribution is -2.40. The fourth-order valence-corrected chi connectivity index (χ4v) is 3.93. The van der Waals surface area contributed by atoms with Gasteiger partial charge in [-0.2, -0.15) is 0 Å². The van der Waals surface area contributed by atoms with Crippen LogP contribution >= 0.6 is 0 Å². The molecule has 0 saturated carbocycles. The van der Waals surface area contributed by atoms with Crippen LogP contribution in [-0.4, -0.2) is 34.4 Å². The van der Waals surface area contributed by atoms with Gasteiger partial charge in [-0.3, -0.25) is 14.4 Å². The van der Waals surface area contributed by atoms with Crippen LogP contribution in [0.2, 0.25) is 0 Å². The number of nitrogens with one attached hydrogen (secondary N) is 1. The van der Waals surface area contributed by atoms with E-state index in [0.29, 0.717) is 26.2 Å². The summed E-state index contributed by atoms with van der Waals surface area (Å²) in [6.45, 7) is 3.65. The normalized spacial score (nSPS) is 12.9. The highest BCUT2D eigenvalue weighted by Crippen LogP contribution is 2.20. The average Bonchev–Trinajstić information content (AvgIpc) is 2.80. The van der Waals surface area contributed by atoms with Crippen LogP contribution in [0.4, 0.5) is 0 Å². The number of carbonyl (C=O) groups is 2. The van der Waals surface area contributed by atoms with Crippen molar-refractivity contribution in [2.24, 2.45) is 0 Å². The molecular formula is C25H25N3O3. The third-order valence-corrected chi connectivity index (χ3v) is 5.52. The highest BCUT2D eigenvalue weighted by molar-refractivity contribution is 5.99. The van der Waals surface area contributed by atoms with Gasteiger partial charge in [0.2, 0.25) is 5.43 Å². The Bertz CT molecular complexity index is 1170. The molecule has 1 N–H and O–H groups in total. The summed E-state index contributed by atoms with van der Waals surface area (Å²) < 4.78 is 1.74. The minimum Gasteiger partial charge on any atom is -0.352 e. The maximum absolute atomic E-state index is 13.3. The number of aromatic nitrogens is 1. The number of hydrogen-bond donors (Lipinski definition) is 1. The molecule has 0 bridgehead atoms. The van der Waals surface area contributed by atoms with Gasteiger partial charge in [0.1, 0.15) is 11.1 Å². The van der Waals surface area contributed by atoms with Crippen molar-refractivity contribution in [3.63, 3.8) is 0 Å². The van der Waals surface area contributed by atoms with E-state index in [1.54, 1.807) is 22.6 Å². The van der Waals surface area contributed by atoms with Gasteiger partial charge in [0.05, 0.1) is 0 Å². The van der Waals surface area contributed by atoms with Gasteiger partial charge in [-0.1, -0.05) is 54.6 Å². The van der Waals surface area contributed by atoms with Crippen LogP contribution in [0.25, 0.3) is 0 Å². The van der Waals surface area contributed by atoms with Crippen molar-refractivity contribution in [3.8, 4) is 0 Å². The van der Waals surface area contributed by atoms with E-state index in [4.69, 9.17) is 0 Å². The van der Waals surface area contributed by atoms with Crippen molar-refractivity contribution in [2.75, 3.05) is 13.1 Å². The fourth-order valence-electron chi connectivity index (χ4n) is 3.93. The SMILES string of the molecule is CCNC(=O)c1cn(Cc2ccccc2)cc(C(=O)N2CCc3ccccc3C2)c1=O. The van der Waals surface area contributed by atoms with E-state index in [1.807, 2.05) is 48.5 Å². The third-order valence-electron chi connectivity index (χ3n) is 5.52. The van der Waals surface area contributed by atoms with Crippen LogP contribution in [0.5, 0.6) is 0 Å². The van der Waals surface area contributed by atoms with E-state index < -0.39 is 11.3 Å². The van der Waals surface area contributed by atoms with E-state index in [2.05, 4.69) is 11.4 Å². The summed E-state index contributed by atoms with van der Waals surface area (Å²) in [5.74, 6) is -0.805. The molecule has 3 aromatic rings. The predicted octanol–water partition coefficient (Wildman–Crippen LogP) is 2.84. The molecule has 1 aliphatic heterocycles. The summed E-state index contributed by atoms with van der Waals surface area (Å²) in [6.07, 6.45) is 3.85. The van der Waals surface area contributed by atoms with Crippen molar-refractivity contribution in [1.82, 2.24) is 14.8 Å². The molecule has 2 heterocycles. The van der Waals surface area contributed by atoms with Crippen molar-refractivity contribution < 1.29 is 9.59 Å². The quantitative estimate of drug-likeness (QED) is 0.697. The first kappa shape index (κ1) is 20.6. The number of benzene rings is 2. The second-order valence-electron chi connectivity index (χ2n) is 7.68. The lowest BCUT2D eigenvalue weighted by atomic mass is 9.99. The number of amides is 2. The molecule has 0 saturated heterocycles. The van der Waals surface area contributed by atoms with Gasteiger partial charge in [-0.15, -0.1) is 0 Å². The predicted molar refractivity (Wildman–Crippen MR) is 119 cm³/mol. The molecule has 0 radical (unpaired) electrons. The molecule has 0 spiro atoms. The largest absolute Gasteiger partial charge is 0.352 e. The number of carbonyl (C=O) groups excluding carboxylic acids is 2. The smallest absolute Gasteiger partial charge is 0.259 e. The van der Waals surface area contributed by atoms with Crippen molar-refractivity contribution in [3.05, 3.63) is 105 Å². The monoisotopic (exact) mass is 415 g/mol. The second-order valence-corrected chi connectivity index (χ2v) is 7.68. The summed E-state index contributed by atoms with van der Waals surface area (Å²) >= 11 is 0. The van der Waals surface area contributed by atoms with Gasteiger partial charge < -0.3 is 14.8 Å². The number of nitrogens with zero attached hydrogens (tertiary/aromatic N) is 2. The van der Waals surface area contributed by atoms with Crippen molar-refractivity contribution >= 4 is 11.8 Å². The van der Waals surface area contributed by atoms with Crippen LogP contribution in [0, 0.1) is 0 Å². The lowest BCUT2D eigenvalue weighted by Gasteiger charge is -2.29. The van der Waals surface area contributed by atoms with E-state index in [9.17, 15) is 14.4 Å². The molecule has 6 nitrogen and oxygen atoms in total. The van der Waals surface area contributed by atoms with Gasteiger partial charge in [-0.05, 0) is 30.0 Å². The van der Waals surface area contributed by atoms with E-state index in [0.717, 1.165) is 17.5 Å². The lowest BCUT2D eigenvalue weighted by molar-refractivity contribution is 0.0732. The zero-order valence-electron chi connectivity index (χ0n) is 17.5. The topological polar surface area (TPSA) is 71.4 Å². The molecule has 6 heteroatoms. The van der Waals surface area contributed by atoms with Crippen LogP contribution in [0.3, 0.4) is 0 Å². The minimum absolute atomic E-state index is 0.0129. The summed E-state index contributed by atoms with van der Waals surface area (Å²) in [5, 5.41) is 2.68. The number of pyridine rings is 1. The zero-order valence-corrected chi connectivity index (χ0v) is 17.5. The van der Waals surface area contributed by atoms with Gasteiger partial charge >= 0.3 is 0 Å². The van der Waals surface area contributed by atoms with Crippen LogP contribution in [0.1, 0.15) is 44.3 Å². The fraction of sp³-hybridized carbons (Fsp3) is 0.240. The highest BCUT2D eigenvalue weighted by Gasteiger charge is 2.26. The Balaban J connectivity index is 1.71. The average molecular weight is 415 g/mol. The van der Waals surface area contributed by atoms with Gasteiger partial charge in [0, 0.05) is 38.6 Å². The molecule has 0 aliphatic carbocycles. The molecule has 158 valence electrons. The van der Waals surface area contributed by atoms with Crippen LogP contribution in [-0.2, 0) is 19.5 Å². The summed E-state index contributed by atoms with van der Waals surface area (Å²) in [6, 6.07) is 17.7. The number of fused-ring (bicyclic) bond motifs is 1. The van der Waals surface area contributed by atoms with Crippen molar-refractivity contribution in [2.45, 2.75) is 26.4 Å². The summed E-state index contributed by atoms with van der Waals surface area (Å²) in [5.41, 5.74) is 2.81. The molecule has 0 unspecified atom stereocenters. The Kier molecular flexibility index (Phi) is 5.98. The molecule has 0 atom stereocenters. The Morgan fingerprint density at radius 1 is 0.935 bits per heavy atom. The molecule has 4 rings (SSSR count). The molecular weight excluding hydrogens is 390 g/mol. The molecule has 1 aromatic heterocycles. The Hall–Kier alpha value is -3.67. The molecule has 0 fully saturated rings. The highest BCUT2D eigenvalue weighted by atomic mass is 16.2. The maximum Gasteiger partial charge on any atom is 0.259 e. The van der Waals surface area contributed by atoms with Crippen molar-refractivity contribution in [1.29, 1.82) is 0 Å². The van der Waals surface area contributed by atoms with Gasteiger partial charge in [0.25, 0.3) is 11.8 Å². The van der Waals surface area contributed by atoms with E-state index in [1.165, 1.54) is 11.8 Å². The Labute approximate surface area is 181 Å². The molecule has 31 heavy (non-hydrogen) atoms. The molecule has 2 aromatic carbocycles. The molecule has 2 amide bonds. The van der Waals surface area contributed by atoms with Gasteiger partial charge in [0.15, 0.2) is 0 Å². The summed E-state index contributed by atoms with van der Waals surface area (Å²) in [4.78, 5) is 40.7. The summed E-state index contributed by atoms with van der Waals surface area (Å²) in [7, 11) is 0. The zero-order chi connectivity index (χ0) is 21.8. The van der Waals surface area contributed by atoms with E-state index >= 15 is 0 Å². The first-order valence-corrected chi connectivity index (χ1v) is 10.5. The maximum atomic E-state index is 13.3. The van der Waals surface area contributed by atoms with Crippen LogP contribution in [0.15, 0.2) is 71.8 Å². The number of hydrogen-bond acceptors (Lipinski definition) is 3. The minimum atomic E-state index is -0.529. The van der Waals surface area contributed by atoms with Crippen LogP contribution < -0.4 is 10.7 Å². The third kappa shape index (κ3) is 4.43. The van der Waals surface area contributed by atoms with E-state index in [-0.39, 0.29) is 17.0 Å². The Morgan fingerprint density at radius 2 is 1.61 bits per heavy atom. The molecule has 1 aliphatic rings. The Morgan fingerprint density at radius 3 is 2.35 bits per heavy atom. The standard InChI is InChI=1S/C25H25N3O3/c1-2-26-24(30)21-16-27(14-18-8-4-3-5-9-18)17-22(23(21)29)25(31)28-13-12-19-10-6-7-11-20(19)15-28/h3-11,16-17H,2,12-15H2,1H3,(H,26,30). The number of rotatable bonds is 5. The first-order chi connectivity index (χ1) is 15.1. The first-order valence-electron chi connectivity index (χ1n) is 10.5.